The van der Waals surface area contributed by atoms with Crippen molar-refractivity contribution < 1.29 is 4.21 Å². The molecule has 0 aliphatic heterocycles. The number of hydrogen-bond acceptors (Lipinski definition) is 4. The third kappa shape index (κ3) is 3.58. The fourth-order valence-electron chi connectivity index (χ4n) is 1.77. The summed E-state index contributed by atoms with van der Waals surface area (Å²) in [5.74, 6) is 0.654. The molecule has 96 valence electrons. The minimum Gasteiger partial charge on any atom is -0.308 e. The van der Waals surface area contributed by atoms with Gasteiger partial charge >= 0.3 is 0 Å². The molecule has 2 atom stereocenters. The Bertz CT molecular complexity index is 559. The molecule has 1 aromatic heterocycles. The highest BCUT2D eigenvalue weighted by Gasteiger charge is 2.05. The van der Waals surface area contributed by atoms with Crippen LogP contribution in [0.25, 0.3) is 11.0 Å². The van der Waals surface area contributed by atoms with Gasteiger partial charge in [-0.2, -0.15) is 0 Å². The lowest BCUT2D eigenvalue weighted by Gasteiger charge is -2.11. The number of fused-ring (bicyclic) bond motifs is 1. The van der Waals surface area contributed by atoms with Gasteiger partial charge in [-0.3, -0.25) is 9.19 Å². The van der Waals surface area contributed by atoms with Gasteiger partial charge in [-0.25, -0.2) is 4.98 Å². The molecule has 0 aliphatic carbocycles. The van der Waals surface area contributed by atoms with E-state index in [1.807, 2.05) is 31.2 Å². The Kier molecular flexibility index (Phi) is 4.38. The van der Waals surface area contributed by atoms with E-state index in [2.05, 4.69) is 15.3 Å². The highest BCUT2D eigenvalue weighted by atomic mass is 32.2. The van der Waals surface area contributed by atoms with Gasteiger partial charge in [0.15, 0.2) is 0 Å². The van der Waals surface area contributed by atoms with E-state index in [1.54, 1.807) is 12.5 Å². The molecule has 2 unspecified atom stereocenters. The predicted octanol–water partition coefficient (Wildman–Crippen LogP) is 1.49. The Morgan fingerprint density at radius 1 is 1.33 bits per heavy atom. The molecule has 0 saturated heterocycles. The summed E-state index contributed by atoms with van der Waals surface area (Å²) in [6, 6.07) is 8.02. The second-order valence-electron chi connectivity index (χ2n) is 4.37. The van der Waals surface area contributed by atoms with Crippen LogP contribution in [0.1, 0.15) is 12.6 Å². The van der Waals surface area contributed by atoms with Gasteiger partial charge in [0.05, 0.1) is 22.9 Å². The van der Waals surface area contributed by atoms with Gasteiger partial charge in [-0.1, -0.05) is 12.1 Å². The van der Waals surface area contributed by atoms with Gasteiger partial charge in [0.25, 0.3) is 0 Å². The van der Waals surface area contributed by atoms with Gasteiger partial charge in [0, 0.05) is 35.4 Å². The summed E-state index contributed by atoms with van der Waals surface area (Å²) in [6.07, 6.45) is 3.50. The van der Waals surface area contributed by atoms with E-state index >= 15 is 0 Å². The lowest BCUT2D eigenvalue weighted by atomic mass is 10.3. The van der Waals surface area contributed by atoms with Crippen molar-refractivity contribution >= 4 is 21.8 Å². The molecule has 1 aromatic carbocycles. The van der Waals surface area contributed by atoms with Crippen LogP contribution >= 0.6 is 0 Å². The maximum atomic E-state index is 11.1. The Morgan fingerprint density at radius 2 is 2.06 bits per heavy atom. The molecule has 2 rings (SSSR count). The van der Waals surface area contributed by atoms with E-state index in [0.717, 1.165) is 16.7 Å². The van der Waals surface area contributed by atoms with E-state index in [-0.39, 0.29) is 6.04 Å². The molecular weight excluding hydrogens is 246 g/mol. The monoisotopic (exact) mass is 263 g/mol. The van der Waals surface area contributed by atoms with E-state index in [9.17, 15) is 4.21 Å². The maximum absolute atomic E-state index is 11.1. The Labute approximate surface area is 109 Å². The summed E-state index contributed by atoms with van der Waals surface area (Å²) in [5.41, 5.74) is 2.72. The van der Waals surface area contributed by atoms with Crippen LogP contribution < -0.4 is 5.32 Å². The predicted molar refractivity (Wildman–Crippen MR) is 74.8 cm³/mol. The highest BCUT2D eigenvalue weighted by Crippen LogP contribution is 2.08. The molecule has 0 fully saturated rings. The molecule has 2 aromatic rings. The maximum Gasteiger partial charge on any atom is 0.0890 e. The van der Waals surface area contributed by atoms with Gasteiger partial charge in [0.2, 0.25) is 0 Å². The third-order valence-electron chi connectivity index (χ3n) is 2.61. The van der Waals surface area contributed by atoms with Crippen LogP contribution in [0.5, 0.6) is 0 Å². The third-order valence-corrected chi connectivity index (χ3v) is 3.58. The Balaban J connectivity index is 2.01. The molecule has 18 heavy (non-hydrogen) atoms. The number of para-hydroxylation sites is 2. The van der Waals surface area contributed by atoms with Crippen molar-refractivity contribution in [2.45, 2.75) is 19.5 Å². The zero-order chi connectivity index (χ0) is 13.0. The van der Waals surface area contributed by atoms with Crippen molar-refractivity contribution in [1.82, 2.24) is 15.3 Å². The largest absolute Gasteiger partial charge is 0.308 e. The van der Waals surface area contributed by atoms with Crippen molar-refractivity contribution in [3.05, 3.63) is 36.2 Å². The standard InChI is InChI=1S/C13H17N3OS/c1-10(9-18(2)17)14-7-11-8-15-12-5-3-4-6-13(12)16-11/h3-6,8,10,14H,7,9H2,1-2H3. The number of aromatic nitrogens is 2. The van der Waals surface area contributed by atoms with E-state index in [4.69, 9.17) is 0 Å². The molecule has 4 nitrogen and oxygen atoms in total. The summed E-state index contributed by atoms with van der Waals surface area (Å²) in [4.78, 5) is 8.88. The fourth-order valence-corrected chi connectivity index (χ4v) is 2.59. The minimum absolute atomic E-state index is 0.212. The van der Waals surface area contributed by atoms with Crippen molar-refractivity contribution in [2.24, 2.45) is 0 Å². The first kappa shape index (κ1) is 13.1. The average Bonchev–Trinajstić information content (AvgIpc) is 2.35. The van der Waals surface area contributed by atoms with Gasteiger partial charge in [-0.15, -0.1) is 0 Å². The lowest BCUT2D eigenvalue weighted by molar-refractivity contribution is 0.580. The van der Waals surface area contributed by atoms with Crippen molar-refractivity contribution in [3.8, 4) is 0 Å². The quantitative estimate of drug-likeness (QED) is 0.888. The second-order valence-corrected chi connectivity index (χ2v) is 5.85. The van der Waals surface area contributed by atoms with Crippen molar-refractivity contribution in [2.75, 3.05) is 12.0 Å². The number of nitrogens with one attached hydrogen (secondary N) is 1. The Hall–Kier alpha value is -1.33. The van der Waals surface area contributed by atoms with Crippen LogP contribution in [0.4, 0.5) is 0 Å². The van der Waals surface area contributed by atoms with Crippen LogP contribution in [-0.4, -0.2) is 32.2 Å². The molecule has 1 N–H and O–H groups in total. The molecule has 5 heteroatoms. The highest BCUT2D eigenvalue weighted by molar-refractivity contribution is 7.84. The molecule has 0 saturated carbocycles. The van der Waals surface area contributed by atoms with Crippen LogP contribution in [0, 0.1) is 0 Å². The summed E-state index contributed by atoms with van der Waals surface area (Å²) >= 11 is 0. The number of rotatable bonds is 5. The van der Waals surface area contributed by atoms with E-state index in [0.29, 0.717) is 12.3 Å². The first-order valence-electron chi connectivity index (χ1n) is 5.89. The van der Waals surface area contributed by atoms with Crippen molar-refractivity contribution in [1.29, 1.82) is 0 Å². The van der Waals surface area contributed by atoms with Crippen LogP contribution in [-0.2, 0) is 17.3 Å². The van der Waals surface area contributed by atoms with Gasteiger partial charge in [-0.05, 0) is 19.1 Å². The average molecular weight is 263 g/mol. The first-order valence-corrected chi connectivity index (χ1v) is 7.62. The summed E-state index contributed by atoms with van der Waals surface area (Å²) < 4.78 is 11.1. The van der Waals surface area contributed by atoms with Gasteiger partial charge < -0.3 is 5.32 Å². The number of hydrogen-bond donors (Lipinski definition) is 1. The first-order chi connectivity index (χ1) is 8.65. The zero-order valence-corrected chi connectivity index (χ0v) is 11.4. The minimum atomic E-state index is -0.774. The molecule has 0 radical (unpaired) electrons. The Morgan fingerprint density at radius 3 is 2.78 bits per heavy atom. The summed E-state index contributed by atoms with van der Waals surface area (Å²) in [6.45, 7) is 2.67. The van der Waals surface area contributed by atoms with E-state index in [1.165, 1.54) is 0 Å². The van der Waals surface area contributed by atoms with Crippen LogP contribution in [0.15, 0.2) is 30.5 Å². The van der Waals surface area contributed by atoms with Crippen LogP contribution in [0.3, 0.4) is 0 Å². The summed E-state index contributed by atoms with van der Waals surface area (Å²) in [7, 11) is -0.774. The molecule has 0 spiro atoms. The zero-order valence-electron chi connectivity index (χ0n) is 10.6. The van der Waals surface area contributed by atoms with E-state index < -0.39 is 10.8 Å². The second kappa shape index (κ2) is 6.02. The fraction of sp³-hybridized carbons (Fsp3) is 0.385. The van der Waals surface area contributed by atoms with Crippen molar-refractivity contribution in [3.63, 3.8) is 0 Å². The topological polar surface area (TPSA) is 54.9 Å². The van der Waals surface area contributed by atoms with Crippen LogP contribution in [0.2, 0.25) is 0 Å². The smallest absolute Gasteiger partial charge is 0.0890 e. The number of nitrogens with zero attached hydrogens (tertiary/aromatic N) is 2. The molecule has 1 heterocycles. The molecule has 0 amide bonds. The lowest BCUT2D eigenvalue weighted by Crippen LogP contribution is -2.30. The molecular formula is C13H17N3OS. The van der Waals surface area contributed by atoms with Gasteiger partial charge in [0.1, 0.15) is 0 Å². The SMILES string of the molecule is CC(CS(C)=O)NCc1cnc2ccccc2n1. The normalized spacial score (nSPS) is 14.6. The summed E-state index contributed by atoms with van der Waals surface area (Å²) in [5, 5.41) is 3.30. The molecule has 0 bridgehead atoms. The number of benzene rings is 1. The molecule has 0 aliphatic rings.